The third-order valence-corrected chi connectivity index (χ3v) is 4.06. The lowest BCUT2D eigenvalue weighted by Crippen LogP contribution is -2.41. The van der Waals surface area contributed by atoms with Crippen LogP contribution in [0.4, 0.5) is 8.78 Å². The van der Waals surface area contributed by atoms with Crippen molar-refractivity contribution < 1.29 is 8.78 Å². The smallest absolute Gasteiger partial charge is 0.250 e. The van der Waals surface area contributed by atoms with Crippen molar-refractivity contribution in [3.05, 3.63) is 11.9 Å². The molecule has 1 unspecified atom stereocenters. The molecule has 1 atom stereocenters. The summed E-state index contributed by atoms with van der Waals surface area (Å²) in [4.78, 5) is 8.44. The molecular formula is C12H12F2N4S. The predicted octanol–water partition coefficient (Wildman–Crippen LogP) is 1.53. The van der Waals surface area contributed by atoms with E-state index in [4.69, 9.17) is 0 Å². The van der Waals surface area contributed by atoms with Crippen molar-refractivity contribution in [3.63, 3.8) is 0 Å². The fraction of sp³-hybridized carbons (Fsp3) is 0.500. The van der Waals surface area contributed by atoms with Gasteiger partial charge in [-0.3, -0.25) is 4.99 Å². The first-order chi connectivity index (χ1) is 9.05. The van der Waals surface area contributed by atoms with Crippen molar-refractivity contribution in [2.75, 3.05) is 7.05 Å². The van der Waals surface area contributed by atoms with Gasteiger partial charge in [-0.1, -0.05) is 5.92 Å². The van der Waals surface area contributed by atoms with Crippen LogP contribution in [0, 0.1) is 17.8 Å². The second-order valence-corrected chi connectivity index (χ2v) is 5.59. The van der Waals surface area contributed by atoms with Crippen LogP contribution in [0.1, 0.15) is 12.8 Å². The predicted molar refractivity (Wildman–Crippen MR) is 72.0 cm³/mol. The molecule has 3 rings (SSSR count). The minimum atomic E-state index is -2.52. The highest BCUT2D eigenvalue weighted by Crippen LogP contribution is 2.41. The summed E-state index contributed by atoms with van der Waals surface area (Å²) >= 11 is 1.45. The lowest BCUT2D eigenvalue weighted by Gasteiger charge is -2.31. The van der Waals surface area contributed by atoms with Crippen molar-refractivity contribution in [1.82, 2.24) is 10.6 Å². The average Bonchev–Trinajstić information content (AvgIpc) is 2.75. The van der Waals surface area contributed by atoms with Crippen molar-refractivity contribution in [2.24, 2.45) is 15.9 Å². The van der Waals surface area contributed by atoms with Gasteiger partial charge in [0.25, 0.3) is 5.92 Å². The Morgan fingerprint density at radius 3 is 3.00 bits per heavy atom. The Kier molecular flexibility index (Phi) is 2.97. The van der Waals surface area contributed by atoms with Gasteiger partial charge in [-0.25, -0.2) is 13.8 Å². The van der Waals surface area contributed by atoms with E-state index in [-0.39, 0.29) is 24.9 Å². The van der Waals surface area contributed by atoms with Gasteiger partial charge in [0.05, 0.1) is 0 Å². The number of thioether (sulfide) groups is 1. The molecule has 3 aliphatic rings. The van der Waals surface area contributed by atoms with Crippen LogP contribution in [0.25, 0.3) is 0 Å². The number of allylic oxidation sites excluding steroid dienone is 1. The molecule has 1 saturated heterocycles. The number of nitrogens with one attached hydrogen (secondary N) is 2. The molecule has 19 heavy (non-hydrogen) atoms. The topological polar surface area (TPSA) is 48.8 Å². The molecule has 2 fully saturated rings. The van der Waals surface area contributed by atoms with Gasteiger partial charge in [0.15, 0.2) is 5.17 Å². The molecule has 0 aromatic carbocycles. The molecule has 0 aromatic rings. The van der Waals surface area contributed by atoms with Crippen LogP contribution in [-0.2, 0) is 0 Å². The molecule has 0 aromatic heterocycles. The molecule has 0 amide bonds. The van der Waals surface area contributed by atoms with Gasteiger partial charge in [0.2, 0.25) is 0 Å². The van der Waals surface area contributed by atoms with Crippen LogP contribution in [0.2, 0.25) is 0 Å². The fourth-order valence-corrected chi connectivity index (χ4v) is 2.85. The molecule has 100 valence electrons. The zero-order valence-corrected chi connectivity index (χ0v) is 11.0. The lowest BCUT2D eigenvalue weighted by atomic mass is 9.82. The molecule has 2 N–H and O–H groups in total. The quantitative estimate of drug-likeness (QED) is 0.662. The number of nitrogens with zero attached hydrogens (tertiary/aromatic N) is 2. The Bertz CT molecular complexity index is 548. The van der Waals surface area contributed by atoms with E-state index in [1.165, 1.54) is 11.8 Å². The van der Waals surface area contributed by atoms with Gasteiger partial charge in [-0.05, 0) is 17.7 Å². The summed E-state index contributed by atoms with van der Waals surface area (Å²) in [5.74, 6) is 2.97. The van der Waals surface area contributed by atoms with E-state index in [0.29, 0.717) is 5.70 Å². The van der Waals surface area contributed by atoms with Crippen LogP contribution in [0.15, 0.2) is 21.9 Å². The van der Waals surface area contributed by atoms with E-state index in [2.05, 4.69) is 32.5 Å². The third kappa shape index (κ3) is 2.59. The number of hydrogen-bond acceptors (Lipinski definition) is 4. The summed E-state index contributed by atoms with van der Waals surface area (Å²) in [5.41, 5.74) is 0.577. The molecule has 1 aliphatic carbocycles. The molecule has 0 bridgehead atoms. The SMILES string of the molecule is CN=C1NC2NC=C(C#CC3CC(F)(F)C3)N=C2S1. The van der Waals surface area contributed by atoms with Crippen LogP contribution in [-0.4, -0.2) is 29.3 Å². The summed E-state index contributed by atoms with van der Waals surface area (Å²) in [6.45, 7) is 0. The van der Waals surface area contributed by atoms with Gasteiger partial charge < -0.3 is 10.6 Å². The van der Waals surface area contributed by atoms with Gasteiger partial charge in [-0.15, -0.1) is 0 Å². The van der Waals surface area contributed by atoms with E-state index < -0.39 is 5.92 Å². The maximum atomic E-state index is 12.7. The highest BCUT2D eigenvalue weighted by atomic mass is 32.2. The first-order valence-corrected chi connectivity index (χ1v) is 6.73. The van der Waals surface area contributed by atoms with E-state index in [1.54, 1.807) is 13.2 Å². The van der Waals surface area contributed by atoms with E-state index in [1.807, 2.05) is 0 Å². The number of amidine groups is 1. The molecule has 1 saturated carbocycles. The number of halogens is 2. The van der Waals surface area contributed by atoms with Crippen LogP contribution in [0.3, 0.4) is 0 Å². The van der Waals surface area contributed by atoms with Gasteiger partial charge >= 0.3 is 0 Å². The monoisotopic (exact) mass is 282 g/mol. The first-order valence-electron chi connectivity index (χ1n) is 5.91. The number of fused-ring (bicyclic) bond motifs is 1. The van der Waals surface area contributed by atoms with Crippen LogP contribution < -0.4 is 10.6 Å². The van der Waals surface area contributed by atoms with Gasteiger partial charge in [-0.2, -0.15) is 0 Å². The molecule has 2 aliphatic heterocycles. The summed E-state index contributed by atoms with van der Waals surface area (Å²) < 4.78 is 25.3. The summed E-state index contributed by atoms with van der Waals surface area (Å²) in [6, 6.07) is 0. The maximum Gasteiger partial charge on any atom is 0.250 e. The second kappa shape index (κ2) is 4.53. The summed E-state index contributed by atoms with van der Waals surface area (Å²) in [5, 5.41) is 7.91. The molecular weight excluding hydrogens is 270 g/mol. The largest absolute Gasteiger partial charge is 0.364 e. The van der Waals surface area contributed by atoms with Crippen molar-refractivity contribution in [2.45, 2.75) is 24.9 Å². The number of alkyl halides is 2. The zero-order valence-electron chi connectivity index (χ0n) is 10.2. The second-order valence-electron chi connectivity index (χ2n) is 4.58. The molecule has 0 spiro atoms. The van der Waals surface area contributed by atoms with Crippen molar-refractivity contribution in [3.8, 4) is 11.8 Å². The first kappa shape index (κ1) is 12.5. The van der Waals surface area contributed by atoms with Crippen molar-refractivity contribution >= 4 is 22.0 Å². The lowest BCUT2D eigenvalue weighted by molar-refractivity contribution is -0.0936. The summed E-state index contributed by atoms with van der Waals surface area (Å²) in [7, 11) is 1.71. The normalized spacial score (nSPS) is 30.1. The Morgan fingerprint density at radius 2 is 2.32 bits per heavy atom. The number of aliphatic imine (C=N–C) groups is 2. The van der Waals surface area contributed by atoms with Crippen LogP contribution in [0.5, 0.6) is 0 Å². The highest BCUT2D eigenvalue weighted by molar-refractivity contribution is 8.27. The Balaban J connectivity index is 1.65. The number of rotatable bonds is 0. The van der Waals surface area contributed by atoms with E-state index in [9.17, 15) is 8.78 Å². The maximum absolute atomic E-state index is 12.7. The summed E-state index contributed by atoms with van der Waals surface area (Å²) in [6.07, 6.45) is 1.37. The Hall–Kier alpha value is -1.55. The number of hydrogen-bond donors (Lipinski definition) is 2. The third-order valence-electron chi connectivity index (χ3n) is 3.03. The van der Waals surface area contributed by atoms with E-state index in [0.717, 1.165) is 10.2 Å². The van der Waals surface area contributed by atoms with Gasteiger partial charge in [0.1, 0.15) is 16.9 Å². The Labute approximate surface area is 113 Å². The minimum Gasteiger partial charge on any atom is -0.364 e. The fourth-order valence-electron chi connectivity index (χ4n) is 2.00. The van der Waals surface area contributed by atoms with Crippen LogP contribution >= 0.6 is 11.8 Å². The highest BCUT2D eigenvalue weighted by Gasteiger charge is 2.44. The minimum absolute atomic E-state index is 0.0534. The van der Waals surface area contributed by atoms with Crippen molar-refractivity contribution in [1.29, 1.82) is 0 Å². The average molecular weight is 282 g/mol. The van der Waals surface area contributed by atoms with E-state index >= 15 is 0 Å². The molecule has 2 heterocycles. The van der Waals surface area contributed by atoms with Gasteiger partial charge in [0, 0.05) is 32.0 Å². The Morgan fingerprint density at radius 1 is 1.53 bits per heavy atom. The zero-order chi connectivity index (χ0) is 13.5. The molecule has 0 radical (unpaired) electrons. The molecule has 7 heteroatoms. The molecule has 4 nitrogen and oxygen atoms in total. The standard InChI is InChI=1S/C12H12F2N4S/c1-15-11-18-9-10(19-11)17-8(6-16-9)3-2-7-4-12(13,14)5-7/h6-7,9,16H,4-5H2,1H3,(H,15,18).